The molecule has 2 aromatic rings. The Balaban J connectivity index is 1.55. The van der Waals surface area contributed by atoms with Gasteiger partial charge in [0, 0.05) is 13.1 Å². The minimum Gasteiger partial charge on any atom is -0.354 e. The Kier molecular flexibility index (Phi) is 5.25. The van der Waals surface area contributed by atoms with E-state index in [4.69, 9.17) is 0 Å². The minimum absolute atomic E-state index is 0.0761. The van der Waals surface area contributed by atoms with Crippen LogP contribution < -0.4 is 5.32 Å². The number of carbonyl (C=O) groups excluding carboxylic acids is 2. The van der Waals surface area contributed by atoms with Gasteiger partial charge in [-0.1, -0.05) is 18.2 Å². The molecule has 0 bridgehead atoms. The van der Waals surface area contributed by atoms with Gasteiger partial charge in [0.15, 0.2) is 0 Å². The number of hydrogen-bond acceptors (Lipinski definition) is 3. The number of benzene rings is 1. The SMILES string of the molecule is O=C(NCCc1cccc(F)c1)C1CCCN1C(=O)c1cccs1. The van der Waals surface area contributed by atoms with Crippen LogP contribution in [0.3, 0.4) is 0 Å². The van der Waals surface area contributed by atoms with Crippen molar-refractivity contribution in [2.45, 2.75) is 25.3 Å². The molecular formula is C18H19FN2O2S. The summed E-state index contributed by atoms with van der Waals surface area (Å²) in [5.41, 5.74) is 0.841. The number of halogens is 1. The molecule has 1 aliphatic rings. The van der Waals surface area contributed by atoms with Crippen molar-refractivity contribution in [3.8, 4) is 0 Å². The van der Waals surface area contributed by atoms with Crippen molar-refractivity contribution in [2.24, 2.45) is 0 Å². The van der Waals surface area contributed by atoms with Crippen molar-refractivity contribution in [3.05, 3.63) is 58.0 Å². The summed E-state index contributed by atoms with van der Waals surface area (Å²) in [6.07, 6.45) is 2.08. The molecule has 0 aliphatic carbocycles. The van der Waals surface area contributed by atoms with Gasteiger partial charge in [-0.15, -0.1) is 11.3 Å². The van der Waals surface area contributed by atoms with Gasteiger partial charge in [-0.25, -0.2) is 4.39 Å². The average Bonchev–Trinajstić information content (AvgIpc) is 3.26. The zero-order valence-electron chi connectivity index (χ0n) is 13.2. The predicted molar refractivity (Wildman–Crippen MR) is 91.5 cm³/mol. The van der Waals surface area contributed by atoms with Crippen molar-refractivity contribution in [1.29, 1.82) is 0 Å². The molecule has 1 aliphatic heterocycles. The molecule has 0 radical (unpaired) electrons. The van der Waals surface area contributed by atoms with Crippen LogP contribution in [0, 0.1) is 5.82 Å². The number of nitrogens with one attached hydrogen (secondary N) is 1. The first-order chi connectivity index (χ1) is 11.6. The molecule has 1 aromatic heterocycles. The molecule has 126 valence electrons. The van der Waals surface area contributed by atoms with Gasteiger partial charge in [-0.05, 0) is 48.4 Å². The molecule has 2 amide bonds. The van der Waals surface area contributed by atoms with Crippen molar-refractivity contribution < 1.29 is 14.0 Å². The maximum Gasteiger partial charge on any atom is 0.264 e. The lowest BCUT2D eigenvalue weighted by atomic mass is 10.1. The number of thiophene rings is 1. The Hall–Kier alpha value is -2.21. The number of hydrogen-bond donors (Lipinski definition) is 1. The van der Waals surface area contributed by atoms with E-state index in [0.717, 1.165) is 12.0 Å². The van der Waals surface area contributed by atoms with E-state index >= 15 is 0 Å². The first-order valence-corrected chi connectivity index (χ1v) is 8.90. The van der Waals surface area contributed by atoms with Crippen LogP contribution in [-0.2, 0) is 11.2 Å². The van der Waals surface area contributed by atoms with Crippen LogP contribution in [0.15, 0.2) is 41.8 Å². The third kappa shape index (κ3) is 3.82. The number of rotatable bonds is 5. The van der Waals surface area contributed by atoms with E-state index < -0.39 is 6.04 Å². The Bertz CT molecular complexity index is 718. The zero-order valence-corrected chi connectivity index (χ0v) is 14.0. The van der Waals surface area contributed by atoms with E-state index in [1.807, 2.05) is 17.5 Å². The van der Waals surface area contributed by atoms with E-state index in [1.54, 1.807) is 17.0 Å². The quantitative estimate of drug-likeness (QED) is 0.905. The van der Waals surface area contributed by atoms with Gasteiger partial charge in [0.25, 0.3) is 5.91 Å². The fraction of sp³-hybridized carbons (Fsp3) is 0.333. The first kappa shape index (κ1) is 16.6. The molecule has 3 rings (SSSR count). The summed E-state index contributed by atoms with van der Waals surface area (Å²) in [7, 11) is 0. The second kappa shape index (κ2) is 7.57. The molecule has 1 fully saturated rings. The Morgan fingerprint density at radius 2 is 2.17 bits per heavy atom. The predicted octanol–water partition coefficient (Wildman–Crippen LogP) is 2.85. The molecule has 0 spiro atoms. The van der Waals surface area contributed by atoms with Crippen LogP contribution in [0.5, 0.6) is 0 Å². The van der Waals surface area contributed by atoms with Crippen LogP contribution in [0.2, 0.25) is 0 Å². The van der Waals surface area contributed by atoms with Crippen molar-refractivity contribution in [3.63, 3.8) is 0 Å². The zero-order chi connectivity index (χ0) is 16.9. The van der Waals surface area contributed by atoms with Crippen LogP contribution >= 0.6 is 11.3 Å². The maximum atomic E-state index is 13.1. The van der Waals surface area contributed by atoms with E-state index in [0.29, 0.717) is 30.8 Å². The lowest BCUT2D eigenvalue weighted by molar-refractivity contribution is -0.124. The van der Waals surface area contributed by atoms with Gasteiger partial charge < -0.3 is 10.2 Å². The molecule has 2 heterocycles. The van der Waals surface area contributed by atoms with Gasteiger partial charge >= 0.3 is 0 Å². The van der Waals surface area contributed by atoms with Gasteiger partial charge in [0.1, 0.15) is 11.9 Å². The molecular weight excluding hydrogens is 327 g/mol. The number of amides is 2. The van der Waals surface area contributed by atoms with E-state index in [9.17, 15) is 14.0 Å². The first-order valence-electron chi connectivity index (χ1n) is 8.02. The van der Waals surface area contributed by atoms with E-state index in [-0.39, 0.29) is 17.6 Å². The highest BCUT2D eigenvalue weighted by atomic mass is 32.1. The summed E-state index contributed by atoms with van der Waals surface area (Å²) in [5, 5.41) is 4.73. The summed E-state index contributed by atoms with van der Waals surface area (Å²) in [4.78, 5) is 27.2. The van der Waals surface area contributed by atoms with E-state index in [2.05, 4.69) is 5.32 Å². The molecule has 1 N–H and O–H groups in total. The number of nitrogens with zero attached hydrogens (tertiary/aromatic N) is 1. The topological polar surface area (TPSA) is 49.4 Å². The highest BCUT2D eigenvalue weighted by Gasteiger charge is 2.34. The van der Waals surface area contributed by atoms with Crippen molar-refractivity contribution in [1.82, 2.24) is 10.2 Å². The highest BCUT2D eigenvalue weighted by molar-refractivity contribution is 7.12. The fourth-order valence-corrected chi connectivity index (χ4v) is 3.64. The third-order valence-electron chi connectivity index (χ3n) is 4.15. The normalized spacial score (nSPS) is 17.0. The molecule has 6 heteroatoms. The highest BCUT2D eigenvalue weighted by Crippen LogP contribution is 2.22. The Morgan fingerprint density at radius 1 is 1.29 bits per heavy atom. The lowest BCUT2D eigenvalue weighted by Crippen LogP contribution is -2.46. The van der Waals surface area contributed by atoms with E-state index in [1.165, 1.54) is 23.5 Å². The summed E-state index contributed by atoms with van der Waals surface area (Å²) >= 11 is 1.39. The van der Waals surface area contributed by atoms with Gasteiger partial charge in [-0.2, -0.15) is 0 Å². The van der Waals surface area contributed by atoms with Gasteiger partial charge in [-0.3, -0.25) is 9.59 Å². The molecule has 24 heavy (non-hydrogen) atoms. The third-order valence-corrected chi connectivity index (χ3v) is 5.01. The average molecular weight is 346 g/mol. The largest absolute Gasteiger partial charge is 0.354 e. The summed E-state index contributed by atoms with van der Waals surface area (Å²) < 4.78 is 13.1. The second-order valence-electron chi connectivity index (χ2n) is 5.80. The fourth-order valence-electron chi connectivity index (χ4n) is 2.96. The Labute approximate surface area is 144 Å². The standard InChI is InChI=1S/C18H19FN2O2S/c19-14-5-1-4-13(12-14)8-9-20-17(22)15-6-2-10-21(15)18(23)16-7-3-11-24-16/h1,3-5,7,11-12,15H,2,6,8-10H2,(H,20,22). The molecule has 1 aromatic carbocycles. The minimum atomic E-state index is -0.410. The Morgan fingerprint density at radius 3 is 2.92 bits per heavy atom. The summed E-state index contributed by atoms with van der Waals surface area (Å²) in [6, 6.07) is 9.56. The van der Waals surface area contributed by atoms with Gasteiger partial charge in [0.2, 0.25) is 5.91 Å². The van der Waals surface area contributed by atoms with Crippen LogP contribution in [0.25, 0.3) is 0 Å². The lowest BCUT2D eigenvalue weighted by Gasteiger charge is -2.23. The second-order valence-corrected chi connectivity index (χ2v) is 6.75. The van der Waals surface area contributed by atoms with Gasteiger partial charge in [0.05, 0.1) is 4.88 Å². The smallest absolute Gasteiger partial charge is 0.264 e. The monoisotopic (exact) mass is 346 g/mol. The number of carbonyl (C=O) groups is 2. The van der Waals surface area contributed by atoms with Crippen molar-refractivity contribution in [2.75, 3.05) is 13.1 Å². The van der Waals surface area contributed by atoms with Crippen LogP contribution in [0.4, 0.5) is 4.39 Å². The molecule has 4 nitrogen and oxygen atoms in total. The maximum absolute atomic E-state index is 13.1. The molecule has 1 unspecified atom stereocenters. The molecule has 0 saturated carbocycles. The van der Waals surface area contributed by atoms with Crippen LogP contribution in [-0.4, -0.2) is 35.8 Å². The van der Waals surface area contributed by atoms with Crippen molar-refractivity contribution >= 4 is 23.2 Å². The molecule has 1 saturated heterocycles. The van der Waals surface area contributed by atoms with Crippen LogP contribution in [0.1, 0.15) is 28.1 Å². The summed E-state index contributed by atoms with van der Waals surface area (Å²) in [5.74, 6) is -0.482. The number of likely N-dealkylation sites (tertiary alicyclic amines) is 1. The molecule has 1 atom stereocenters. The summed E-state index contributed by atoms with van der Waals surface area (Å²) in [6.45, 7) is 1.04.